The first-order valence-corrected chi connectivity index (χ1v) is 8.24. The molecule has 21 heavy (non-hydrogen) atoms. The van der Waals surface area contributed by atoms with Crippen molar-refractivity contribution in [3.05, 3.63) is 24.3 Å². The molecule has 5 nitrogen and oxygen atoms in total. The summed E-state index contributed by atoms with van der Waals surface area (Å²) < 4.78 is 16.4. The molecule has 2 atom stereocenters. The Morgan fingerprint density at radius 1 is 1.48 bits per heavy atom. The lowest BCUT2D eigenvalue weighted by molar-refractivity contribution is -0.144. The van der Waals surface area contributed by atoms with Gasteiger partial charge in [-0.2, -0.15) is 11.8 Å². The van der Waals surface area contributed by atoms with Crippen molar-refractivity contribution in [3.8, 4) is 11.5 Å². The molecule has 0 fully saturated rings. The van der Waals surface area contributed by atoms with E-state index >= 15 is 0 Å². The maximum Gasteiger partial charge on any atom is 0.322 e. The van der Waals surface area contributed by atoms with Gasteiger partial charge < -0.3 is 19.9 Å². The van der Waals surface area contributed by atoms with E-state index in [-0.39, 0.29) is 12.1 Å². The maximum absolute atomic E-state index is 11.4. The molecule has 0 radical (unpaired) electrons. The average molecular weight is 311 g/mol. The summed E-state index contributed by atoms with van der Waals surface area (Å²) in [5.74, 6) is 2.86. The number of hydrogen-bond acceptors (Lipinski definition) is 6. The molecule has 2 rings (SSSR count). The Kier molecular flexibility index (Phi) is 6.20. The second kappa shape index (κ2) is 8.14. The van der Waals surface area contributed by atoms with Crippen molar-refractivity contribution >= 4 is 17.7 Å². The smallest absolute Gasteiger partial charge is 0.322 e. The van der Waals surface area contributed by atoms with Gasteiger partial charge in [0, 0.05) is 5.75 Å². The average Bonchev–Trinajstić information content (AvgIpc) is 2.51. The van der Waals surface area contributed by atoms with Crippen LogP contribution in [0.4, 0.5) is 0 Å². The Hall–Kier alpha value is -1.40. The van der Waals surface area contributed by atoms with E-state index in [0.29, 0.717) is 19.6 Å². The van der Waals surface area contributed by atoms with Crippen LogP contribution >= 0.6 is 11.8 Å². The predicted molar refractivity (Wildman–Crippen MR) is 82.9 cm³/mol. The van der Waals surface area contributed by atoms with Crippen molar-refractivity contribution in [3.63, 3.8) is 0 Å². The Labute approximate surface area is 129 Å². The predicted octanol–water partition coefficient (Wildman–Crippen LogP) is 1.84. The molecule has 0 bridgehead atoms. The van der Waals surface area contributed by atoms with Crippen LogP contribution < -0.4 is 15.2 Å². The molecule has 1 aliphatic heterocycles. The van der Waals surface area contributed by atoms with E-state index in [4.69, 9.17) is 19.9 Å². The lowest BCUT2D eigenvalue weighted by atomic mass is 10.2. The summed E-state index contributed by atoms with van der Waals surface area (Å²) in [6.45, 7) is 2.69. The fourth-order valence-corrected chi connectivity index (χ4v) is 2.95. The summed E-state index contributed by atoms with van der Waals surface area (Å²) in [5.41, 5.74) is 5.74. The van der Waals surface area contributed by atoms with Crippen LogP contribution in [0.3, 0.4) is 0 Å². The number of benzene rings is 1. The van der Waals surface area contributed by atoms with E-state index in [1.807, 2.05) is 24.3 Å². The lowest BCUT2D eigenvalue weighted by Gasteiger charge is -2.26. The molecule has 0 saturated carbocycles. The molecule has 0 amide bonds. The number of rotatable bonds is 7. The van der Waals surface area contributed by atoms with E-state index in [1.54, 1.807) is 18.7 Å². The number of para-hydroxylation sites is 2. The first-order valence-electron chi connectivity index (χ1n) is 7.09. The quantitative estimate of drug-likeness (QED) is 0.612. The molecular formula is C15H21NO4S. The van der Waals surface area contributed by atoms with Crippen LogP contribution in [-0.4, -0.2) is 42.8 Å². The van der Waals surface area contributed by atoms with E-state index in [0.717, 1.165) is 23.0 Å². The van der Waals surface area contributed by atoms with Gasteiger partial charge in [0.2, 0.25) is 0 Å². The number of ether oxygens (including phenoxy) is 3. The molecule has 0 aromatic heterocycles. The fourth-order valence-electron chi connectivity index (χ4n) is 1.94. The van der Waals surface area contributed by atoms with Gasteiger partial charge in [-0.3, -0.25) is 4.79 Å². The third kappa shape index (κ3) is 4.82. The first kappa shape index (κ1) is 16.0. The highest BCUT2D eigenvalue weighted by atomic mass is 32.2. The van der Waals surface area contributed by atoms with Gasteiger partial charge in [0.25, 0.3) is 0 Å². The molecule has 1 aliphatic rings. The first-order chi connectivity index (χ1) is 10.2. The molecular weight excluding hydrogens is 290 g/mol. The standard InChI is InChI=1S/C15H21NO4S/c1-2-18-15(17)12(16)7-8-21-10-11-9-19-13-5-3-4-6-14(13)20-11/h3-6,11-12H,2,7-10,16H2,1H3. The second-order valence-electron chi connectivity index (χ2n) is 4.72. The minimum atomic E-state index is -0.540. The zero-order valence-corrected chi connectivity index (χ0v) is 12.9. The largest absolute Gasteiger partial charge is 0.486 e. The van der Waals surface area contributed by atoms with Gasteiger partial charge in [0.1, 0.15) is 18.8 Å². The molecule has 0 saturated heterocycles. The number of fused-ring (bicyclic) bond motifs is 1. The van der Waals surface area contributed by atoms with Gasteiger partial charge in [0.05, 0.1) is 6.61 Å². The van der Waals surface area contributed by atoms with Crippen LogP contribution in [0.1, 0.15) is 13.3 Å². The molecule has 2 unspecified atom stereocenters. The lowest BCUT2D eigenvalue weighted by Crippen LogP contribution is -2.33. The molecule has 0 aliphatic carbocycles. The fraction of sp³-hybridized carbons (Fsp3) is 0.533. The summed E-state index contributed by atoms with van der Waals surface area (Å²) in [4.78, 5) is 11.4. The van der Waals surface area contributed by atoms with Crippen LogP contribution in [-0.2, 0) is 9.53 Å². The molecule has 6 heteroatoms. The summed E-state index contributed by atoms with van der Waals surface area (Å²) >= 11 is 1.71. The van der Waals surface area contributed by atoms with Gasteiger partial charge in [0.15, 0.2) is 11.5 Å². The third-order valence-electron chi connectivity index (χ3n) is 3.03. The number of nitrogens with two attached hydrogens (primary N) is 1. The van der Waals surface area contributed by atoms with Crippen molar-refractivity contribution < 1.29 is 19.0 Å². The van der Waals surface area contributed by atoms with Crippen molar-refractivity contribution in [1.29, 1.82) is 0 Å². The highest BCUT2D eigenvalue weighted by molar-refractivity contribution is 7.99. The Bertz CT molecular complexity index is 469. The minimum absolute atomic E-state index is 0.0312. The SMILES string of the molecule is CCOC(=O)C(N)CCSCC1COc2ccccc2O1. The van der Waals surface area contributed by atoms with Crippen LogP contribution in [0, 0.1) is 0 Å². The summed E-state index contributed by atoms with van der Waals surface area (Å²) in [7, 11) is 0. The van der Waals surface area contributed by atoms with Crippen molar-refractivity contribution in [1.82, 2.24) is 0 Å². The molecule has 1 aromatic carbocycles. The Morgan fingerprint density at radius 2 is 2.24 bits per heavy atom. The summed E-state index contributed by atoms with van der Waals surface area (Å²) in [6.07, 6.45) is 0.636. The Balaban J connectivity index is 1.65. The van der Waals surface area contributed by atoms with Gasteiger partial charge in [-0.1, -0.05) is 12.1 Å². The Morgan fingerprint density at radius 3 is 3.00 bits per heavy atom. The van der Waals surface area contributed by atoms with Gasteiger partial charge in [-0.25, -0.2) is 0 Å². The minimum Gasteiger partial charge on any atom is -0.486 e. The summed E-state index contributed by atoms with van der Waals surface area (Å²) in [6, 6.07) is 7.12. The van der Waals surface area contributed by atoms with Crippen LogP contribution in [0.2, 0.25) is 0 Å². The maximum atomic E-state index is 11.4. The molecule has 1 aromatic rings. The van der Waals surface area contributed by atoms with Gasteiger partial charge in [-0.15, -0.1) is 0 Å². The monoisotopic (exact) mass is 311 g/mol. The van der Waals surface area contributed by atoms with Crippen LogP contribution in [0.5, 0.6) is 11.5 Å². The van der Waals surface area contributed by atoms with E-state index in [2.05, 4.69) is 0 Å². The van der Waals surface area contributed by atoms with E-state index < -0.39 is 6.04 Å². The second-order valence-corrected chi connectivity index (χ2v) is 5.87. The van der Waals surface area contributed by atoms with Crippen molar-refractivity contribution in [2.75, 3.05) is 24.7 Å². The van der Waals surface area contributed by atoms with Crippen molar-refractivity contribution in [2.45, 2.75) is 25.5 Å². The summed E-state index contributed by atoms with van der Waals surface area (Å²) in [5, 5.41) is 0. The number of carbonyl (C=O) groups is 1. The number of esters is 1. The normalized spacial score (nSPS) is 18.1. The third-order valence-corrected chi connectivity index (χ3v) is 4.17. The highest BCUT2D eigenvalue weighted by Gasteiger charge is 2.21. The number of hydrogen-bond donors (Lipinski definition) is 1. The molecule has 2 N–H and O–H groups in total. The molecule has 116 valence electrons. The van der Waals surface area contributed by atoms with Crippen molar-refractivity contribution in [2.24, 2.45) is 5.73 Å². The van der Waals surface area contributed by atoms with Gasteiger partial charge >= 0.3 is 5.97 Å². The molecule has 0 spiro atoms. The topological polar surface area (TPSA) is 70.8 Å². The zero-order valence-electron chi connectivity index (χ0n) is 12.1. The van der Waals surface area contributed by atoms with E-state index in [9.17, 15) is 4.79 Å². The van der Waals surface area contributed by atoms with Crippen LogP contribution in [0.25, 0.3) is 0 Å². The van der Waals surface area contributed by atoms with E-state index in [1.165, 1.54) is 0 Å². The van der Waals surface area contributed by atoms with Crippen LogP contribution in [0.15, 0.2) is 24.3 Å². The number of carbonyl (C=O) groups excluding carboxylic acids is 1. The highest BCUT2D eigenvalue weighted by Crippen LogP contribution is 2.31. The molecule has 1 heterocycles. The van der Waals surface area contributed by atoms with Gasteiger partial charge in [-0.05, 0) is 31.2 Å². The number of thioether (sulfide) groups is 1. The zero-order chi connectivity index (χ0) is 15.1.